The Hall–Kier alpha value is -0.940. The van der Waals surface area contributed by atoms with Gasteiger partial charge in [-0.25, -0.2) is 4.98 Å². The topological polar surface area (TPSA) is 54.0 Å². The van der Waals surface area contributed by atoms with Crippen molar-refractivity contribution in [3.05, 3.63) is 16.1 Å². The lowest BCUT2D eigenvalue weighted by atomic mass is 9.87. The van der Waals surface area contributed by atoms with E-state index in [1.807, 2.05) is 5.38 Å². The number of nitrogens with zero attached hydrogens (tertiary/aromatic N) is 1. The van der Waals surface area contributed by atoms with Crippen LogP contribution in [0.25, 0.3) is 0 Å². The molecule has 2 fully saturated rings. The Kier molecular flexibility index (Phi) is 4.36. The van der Waals surface area contributed by atoms with E-state index in [2.05, 4.69) is 22.5 Å². The maximum atomic E-state index is 12.2. The van der Waals surface area contributed by atoms with Gasteiger partial charge in [0, 0.05) is 11.4 Å². The Balaban J connectivity index is 1.57. The summed E-state index contributed by atoms with van der Waals surface area (Å²) in [5, 5.41) is 9.53. The van der Waals surface area contributed by atoms with E-state index >= 15 is 0 Å². The third-order valence-corrected chi connectivity index (χ3v) is 5.42. The summed E-state index contributed by atoms with van der Waals surface area (Å²) in [5.41, 5.74) is 0.595. The van der Waals surface area contributed by atoms with Crippen LogP contribution in [-0.4, -0.2) is 23.5 Å². The highest BCUT2D eigenvalue weighted by Crippen LogP contribution is 2.26. The predicted molar refractivity (Wildman–Crippen MR) is 81.0 cm³/mol. The van der Waals surface area contributed by atoms with Gasteiger partial charge in [-0.1, -0.05) is 6.92 Å². The maximum Gasteiger partial charge on any atom is 0.270 e. The molecular formula is C15H23N3OS. The Morgan fingerprint density at radius 1 is 1.35 bits per heavy atom. The number of aromatic nitrogens is 1. The summed E-state index contributed by atoms with van der Waals surface area (Å²) >= 11 is 1.60. The molecular weight excluding hydrogens is 270 g/mol. The van der Waals surface area contributed by atoms with Crippen LogP contribution in [-0.2, 0) is 0 Å². The summed E-state index contributed by atoms with van der Waals surface area (Å²) in [7, 11) is 0. The molecule has 0 radical (unpaired) electrons. The Labute approximate surface area is 124 Å². The number of hydrogen-bond donors (Lipinski definition) is 2. The minimum atomic E-state index is 0.00468. The normalized spacial score (nSPS) is 30.4. The number of carbonyl (C=O) groups excluding carboxylic acids is 1. The van der Waals surface area contributed by atoms with E-state index in [0.29, 0.717) is 17.8 Å². The van der Waals surface area contributed by atoms with Crippen molar-refractivity contribution in [3.8, 4) is 0 Å². The fourth-order valence-corrected chi connectivity index (χ4v) is 4.02. The number of nitrogens with one attached hydrogen (secondary N) is 2. The monoisotopic (exact) mass is 293 g/mol. The molecule has 2 heterocycles. The molecule has 0 aromatic carbocycles. The molecule has 4 nitrogen and oxygen atoms in total. The Bertz CT molecular complexity index is 459. The van der Waals surface area contributed by atoms with Gasteiger partial charge in [0.2, 0.25) is 0 Å². The van der Waals surface area contributed by atoms with Crippen LogP contribution in [0.2, 0.25) is 0 Å². The molecule has 1 aromatic heterocycles. The van der Waals surface area contributed by atoms with Gasteiger partial charge in [0.05, 0.1) is 6.04 Å². The summed E-state index contributed by atoms with van der Waals surface area (Å²) in [6.45, 7) is 3.35. The summed E-state index contributed by atoms with van der Waals surface area (Å²) in [6.07, 6.45) is 6.99. The quantitative estimate of drug-likeness (QED) is 0.901. The lowest BCUT2D eigenvalue weighted by Crippen LogP contribution is -2.37. The van der Waals surface area contributed by atoms with Crippen molar-refractivity contribution in [2.75, 3.05) is 6.54 Å². The zero-order chi connectivity index (χ0) is 13.9. The first kappa shape index (κ1) is 14.0. The van der Waals surface area contributed by atoms with Crippen LogP contribution in [0.4, 0.5) is 0 Å². The first-order chi connectivity index (χ1) is 9.72. The molecule has 0 spiro atoms. The molecule has 1 aromatic rings. The molecule has 1 saturated carbocycles. The minimum Gasteiger partial charge on any atom is -0.348 e. The lowest BCUT2D eigenvalue weighted by molar-refractivity contribution is 0.0918. The van der Waals surface area contributed by atoms with E-state index in [4.69, 9.17) is 0 Å². The number of carbonyl (C=O) groups is 1. The summed E-state index contributed by atoms with van der Waals surface area (Å²) in [5.74, 6) is 0.813. The maximum absolute atomic E-state index is 12.2. The predicted octanol–water partition coefficient (Wildman–Crippen LogP) is 2.88. The number of thiazole rings is 1. The molecule has 110 valence electrons. The van der Waals surface area contributed by atoms with Gasteiger partial charge in [-0.3, -0.25) is 4.79 Å². The molecule has 5 heteroatoms. The molecule has 20 heavy (non-hydrogen) atoms. The van der Waals surface area contributed by atoms with Crippen molar-refractivity contribution >= 4 is 17.2 Å². The van der Waals surface area contributed by atoms with E-state index in [-0.39, 0.29) is 5.91 Å². The van der Waals surface area contributed by atoms with E-state index in [0.717, 1.165) is 36.7 Å². The highest BCUT2D eigenvalue weighted by atomic mass is 32.1. The van der Waals surface area contributed by atoms with Gasteiger partial charge in [0.1, 0.15) is 10.7 Å². The fourth-order valence-electron chi connectivity index (χ4n) is 3.11. The zero-order valence-corrected chi connectivity index (χ0v) is 12.8. The summed E-state index contributed by atoms with van der Waals surface area (Å²) < 4.78 is 0. The summed E-state index contributed by atoms with van der Waals surface area (Å²) in [4.78, 5) is 16.8. The van der Waals surface area contributed by atoms with E-state index < -0.39 is 0 Å². The number of rotatable bonds is 3. The van der Waals surface area contributed by atoms with E-state index in [9.17, 15) is 4.79 Å². The molecule has 0 bridgehead atoms. The van der Waals surface area contributed by atoms with Crippen molar-refractivity contribution in [2.45, 2.75) is 57.5 Å². The van der Waals surface area contributed by atoms with Crippen LogP contribution in [0.15, 0.2) is 5.38 Å². The zero-order valence-electron chi connectivity index (χ0n) is 12.0. The second-order valence-electron chi connectivity index (χ2n) is 6.15. The van der Waals surface area contributed by atoms with Crippen LogP contribution in [0.1, 0.15) is 67.0 Å². The Morgan fingerprint density at radius 3 is 2.85 bits per heavy atom. The first-order valence-corrected chi connectivity index (χ1v) is 8.60. The number of amides is 1. The van der Waals surface area contributed by atoms with Gasteiger partial charge in [-0.15, -0.1) is 11.3 Å². The van der Waals surface area contributed by atoms with Gasteiger partial charge >= 0.3 is 0 Å². The molecule has 1 unspecified atom stereocenters. The molecule has 1 aliphatic carbocycles. The summed E-state index contributed by atoms with van der Waals surface area (Å²) in [6, 6.07) is 0.700. The third-order valence-electron chi connectivity index (χ3n) is 4.46. The molecule has 1 atom stereocenters. The van der Waals surface area contributed by atoms with Gasteiger partial charge in [0.15, 0.2) is 0 Å². The van der Waals surface area contributed by atoms with Crippen LogP contribution in [0.5, 0.6) is 0 Å². The largest absolute Gasteiger partial charge is 0.348 e. The van der Waals surface area contributed by atoms with E-state index in [1.54, 1.807) is 11.3 Å². The second-order valence-corrected chi connectivity index (χ2v) is 7.04. The molecule has 1 aliphatic heterocycles. The third kappa shape index (κ3) is 3.20. The second kappa shape index (κ2) is 6.22. The fraction of sp³-hybridized carbons (Fsp3) is 0.733. The van der Waals surface area contributed by atoms with Crippen molar-refractivity contribution < 1.29 is 4.79 Å². The molecule has 1 amide bonds. The average molecular weight is 293 g/mol. The number of hydrogen-bond acceptors (Lipinski definition) is 4. The van der Waals surface area contributed by atoms with Gasteiger partial charge in [-0.05, 0) is 51.0 Å². The van der Waals surface area contributed by atoms with Crippen LogP contribution >= 0.6 is 11.3 Å². The van der Waals surface area contributed by atoms with Crippen LogP contribution in [0, 0.1) is 5.92 Å². The highest BCUT2D eigenvalue weighted by molar-refractivity contribution is 7.09. The van der Waals surface area contributed by atoms with Gasteiger partial charge in [0.25, 0.3) is 5.91 Å². The standard InChI is InChI=1S/C15H23N3OS/c1-10-4-6-11(7-5-10)17-14(19)13-9-20-15(18-13)12-3-2-8-16-12/h9-12,16H,2-8H2,1H3,(H,17,19). The van der Waals surface area contributed by atoms with Gasteiger partial charge in [-0.2, -0.15) is 0 Å². The van der Waals surface area contributed by atoms with Crippen molar-refractivity contribution in [1.29, 1.82) is 0 Å². The molecule has 2 N–H and O–H groups in total. The van der Waals surface area contributed by atoms with Crippen molar-refractivity contribution in [2.24, 2.45) is 5.92 Å². The minimum absolute atomic E-state index is 0.00468. The highest BCUT2D eigenvalue weighted by Gasteiger charge is 2.23. The SMILES string of the molecule is CC1CCC(NC(=O)c2csc(C3CCCN3)n2)CC1. The van der Waals surface area contributed by atoms with Crippen LogP contribution < -0.4 is 10.6 Å². The smallest absolute Gasteiger partial charge is 0.270 e. The Morgan fingerprint density at radius 2 is 2.15 bits per heavy atom. The van der Waals surface area contributed by atoms with E-state index in [1.165, 1.54) is 19.3 Å². The van der Waals surface area contributed by atoms with Crippen LogP contribution in [0.3, 0.4) is 0 Å². The lowest BCUT2D eigenvalue weighted by Gasteiger charge is -2.26. The average Bonchev–Trinajstić information content (AvgIpc) is 3.11. The molecule has 3 rings (SSSR count). The van der Waals surface area contributed by atoms with Gasteiger partial charge < -0.3 is 10.6 Å². The van der Waals surface area contributed by atoms with Crippen molar-refractivity contribution in [3.63, 3.8) is 0 Å². The molecule has 1 saturated heterocycles. The van der Waals surface area contributed by atoms with Crippen molar-refractivity contribution in [1.82, 2.24) is 15.6 Å². The first-order valence-electron chi connectivity index (χ1n) is 7.72. The molecule has 2 aliphatic rings.